The maximum Gasteiger partial charge on any atom is 0.330 e. The van der Waals surface area contributed by atoms with Crippen molar-refractivity contribution in [3.63, 3.8) is 0 Å². The van der Waals surface area contributed by atoms with E-state index in [-0.39, 0.29) is 0 Å². The summed E-state index contributed by atoms with van der Waals surface area (Å²) in [5, 5.41) is 12.1. The highest BCUT2D eigenvalue weighted by Crippen LogP contribution is 2.19. The second-order valence-corrected chi connectivity index (χ2v) is 5.96. The van der Waals surface area contributed by atoms with E-state index in [9.17, 15) is 14.7 Å². The van der Waals surface area contributed by atoms with Crippen LogP contribution in [0.15, 0.2) is 42.5 Å². The first kappa shape index (κ1) is 19.5. The Balaban J connectivity index is 2.16. The number of benzene rings is 2. The number of carboxylic acid groups (broad SMARTS) is 1. The zero-order valence-corrected chi connectivity index (χ0v) is 15.1. The quantitative estimate of drug-likeness (QED) is 0.710. The van der Waals surface area contributed by atoms with E-state index < -0.39 is 17.9 Å². The number of rotatable bonds is 8. The molecule has 0 bridgehead atoms. The highest BCUT2D eigenvalue weighted by Gasteiger charge is 2.23. The number of carbonyl (C=O) groups excluding carboxylic acids is 1. The summed E-state index contributed by atoms with van der Waals surface area (Å²) >= 11 is 0. The molecule has 0 spiro atoms. The summed E-state index contributed by atoms with van der Waals surface area (Å²) in [5.74, 6) is -1.07. The van der Waals surface area contributed by atoms with Gasteiger partial charge in [-0.05, 0) is 48.7 Å². The van der Waals surface area contributed by atoms with Crippen molar-refractivity contribution < 1.29 is 24.2 Å². The van der Waals surface area contributed by atoms with E-state index in [2.05, 4.69) is 5.32 Å². The van der Waals surface area contributed by atoms with E-state index >= 15 is 0 Å². The van der Waals surface area contributed by atoms with E-state index in [0.717, 1.165) is 11.1 Å². The summed E-state index contributed by atoms with van der Waals surface area (Å²) in [7, 11) is 1.58. The minimum atomic E-state index is -1.13. The van der Waals surface area contributed by atoms with Gasteiger partial charge in [0.1, 0.15) is 12.4 Å². The summed E-state index contributed by atoms with van der Waals surface area (Å²) in [5.41, 5.74) is 2.89. The van der Waals surface area contributed by atoms with Gasteiger partial charge in [-0.2, -0.15) is 0 Å². The van der Waals surface area contributed by atoms with Gasteiger partial charge in [-0.1, -0.05) is 24.3 Å². The third kappa shape index (κ3) is 5.07. The van der Waals surface area contributed by atoms with E-state index in [1.54, 1.807) is 43.5 Å². The van der Waals surface area contributed by atoms with Gasteiger partial charge in [-0.15, -0.1) is 0 Å². The van der Waals surface area contributed by atoms with Crippen LogP contribution in [0.2, 0.25) is 0 Å². The number of aryl methyl sites for hydroxylation is 2. The molecule has 1 atom stereocenters. The highest BCUT2D eigenvalue weighted by atomic mass is 16.5. The molecule has 1 amide bonds. The summed E-state index contributed by atoms with van der Waals surface area (Å²) in [6, 6.07) is 10.8. The highest BCUT2D eigenvalue weighted by molar-refractivity contribution is 5.97. The molecule has 0 saturated heterocycles. The second kappa shape index (κ2) is 9.01. The molecule has 2 rings (SSSR count). The fourth-order valence-electron chi connectivity index (χ4n) is 2.42. The van der Waals surface area contributed by atoms with E-state index in [1.807, 2.05) is 19.9 Å². The predicted octanol–water partition coefficient (Wildman–Crippen LogP) is 2.88. The van der Waals surface area contributed by atoms with Crippen LogP contribution in [0.25, 0.3) is 0 Å². The number of ether oxygens (including phenoxy) is 2. The minimum Gasteiger partial charge on any atom is -0.491 e. The van der Waals surface area contributed by atoms with Crippen LogP contribution in [0.3, 0.4) is 0 Å². The van der Waals surface area contributed by atoms with Crippen molar-refractivity contribution in [1.82, 2.24) is 5.32 Å². The Morgan fingerprint density at radius 3 is 2.50 bits per heavy atom. The van der Waals surface area contributed by atoms with E-state index in [4.69, 9.17) is 9.47 Å². The number of aliphatic carboxylic acids is 1. The van der Waals surface area contributed by atoms with Crippen LogP contribution in [-0.2, 0) is 9.53 Å². The summed E-state index contributed by atoms with van der Waals surface area (Å²) in [4.78, 5) is 24.2. The number of amides is 1. The van der Waals surface area contributed by atoms with Crippen LogP contribution in [0, 0.1) is 13.8 Å². The van der Waals surface area contributed by atoms with Gasteiger partial charge in [0.05, 0.1) is 6.61 Å². The lowest BCUT2D eigenvalue weighted by atomic mass is 10.0. The molecule has 2 N–H and O–H groups in total. The summed E-state index contributed by atoms with van der Waals surface area (Å²) < 4.78 is 10.4. The van der Waals surface area contributed by atoms with Crippen LogP contribution < -0.4 is 10.1 Å². The van der Waals surface area contributed by atoms with Crippen molar-refractivity contribution in [2.75, 3.05) is 20.3 Å². The molecule has 6 nitrogen and oxygen atoms in total. The molecule has 0 aromatic heterocycles. The van der Waals surface area contributed by atoms with Crippen LogP contribution in [0.1, 0.15) is 33.1 Å². The number of methoxy groups -OCH3 is 1. The van der Waals surface area contributed by atoms with Crippen molar-refractivity contribution >= 4 is 11.9 Å². The molecular formula is C20H23NO5. The van der Waals surface area contributed by atoms with Crippen LogP contribution in [-0.4, -0.2) is 37.3 Å². The lowest BCUT2D eigenvalue weighted by Crippen LogP contribution is -2.33. The summed E-state index contributed by atoms with van der Waals surface area (Å²) in [6.07, 6.45) is 0. The van der Waals surface area contributed by atoms with Crippen LogP contribution in [0.4, 0.5) is 0 Å². The molecule has 2 aromatic carbocycles. The Kier molecular flexibility index (Phi) is 6.74. The third-order valence-electron chi connectivity index (χ3n) is 4.04. The molecule has 0 radical (unpaired) electrons. The van der Waals surface area contributed by atoms with E-state index in [1.165, 1.54) is 0 Å². The SMILES string of the molecule is COCCOc1cccc(C(=O)NC(C(=O)O)c2ccc(C)c(C)c2)c1. The molecule has 1 unspecified atom stereocenters. The molecule has 0 aliphatic heterocycles. The largest absolute Gasteiger partial charge is 0.491 e. The molecule has 0 heterocycles. The van der Waals surface area contributed by atoms with Gasteiger partial charge < -0.3 is 19.9 Å². The molecule has 0 fully saturated rings. The number of carboxylic acids is 1. The third-order valence-corrected chi connectivity index (χ3v) is 4.04. The lowest BCUT2D eigenvalue weighted by Gasteiger charge is -2.16. The number of hydrogen-bond acceptors (Lipinski definition) is 4. The Labute approximate surface area is 152 Å². The predicted molar refractivity (Wildman–Crippen MR) is 97.6 cm³/mol. The van der Waals surface area contributed by atoms with Crippen molar-refractivity contribution in [2.45, 2.75) is 19.9 Å². The normalized spacial score (nSPS) is 11.7. The van der Waals surface area contributed by atoms with Crippen LogP contribution in [0.5, 0.6) is 5.75 Å². The van der Waals surface area contributed by atoms with Gasteiger partial charge in [0.2, 0.25) is 0 Å². The van der Waals surface area contributed by atoms with Gasteiger partial charge in [0, 0.05) is 12.7 Å². The van der Waals surface area contributed by atoms with E-state index in [0.29, 0.717) is 30.1 Å². The molecule has 0 aliphatic rings. The zero-order valence-electron chi connectivity index (χ0n) is 15.1. The maximum atomic E-state index is 12.5. The fraction of sp³-hybridized carbons (Fsp3) is 0.300. The smallest absolute Gasteiger partial charge is 0.330 e. The Bertz CT molecular complexity index is 788. The van der Waals surface area contributed by atoms with Gasteiger partial charge in [0.25, 0.3) is 5.91 Å². The average Bonchev–Trinajstić information content (AvgIpc) is 2.62. The maximum absolute atomic E-state index is 12.5. The average molecular weight is 357 g/mol. The molecule has 0 saturated carbocycles. The Hall–Kier alpha value is -2.86. The minimum absolute atomic E-state index is 0.329. The number of carbonyl (C=O) groups is 2. The van der Waals surface area contributed by atoms with Crippen molar-refractivity contribution in [2.24, 2.45) is 0 Å². The van der Waals surface area contributed by atoms with Gasteiger partial charge in [-0.3, -0.25) is 4.79 Å². The fourth-order valence-corrected chi connectivity index (χ4v) is 2.42. The molecule has 6 heteroatoms. The second-order valence-electron chi connectivity index (χ2n) is 5.96. The molecule has 0 aliphatic carbocycles. The molecule has 2 aromatic rings. The molecule has 138 valence electrons. The first-order chi connectivity index (χ1) is 12.4. The first-order valence-electron chi connectivity index (χ1n) is 8.25. The Morgan fingerprint density at radius 1 is 1.08 bits per heavy atom. The van der Waals surface area contributed by atoms with Crippen molar-refractivity contribution in [3.8, 4) is 5.75 Å². The Morgan fingerprint density at radius 2 is 1.85 bits per heavy atom. The molecular weight excluding hydrogens is 334 g/mol. The van der Waals surface area contributed by atoms with Crippen LogP contribution >= 0.6 is 0 Å². The topological polar surface area (TPSA) is 84.9 Å². The first-order valence-corrected chi connectivity index (χ1v) is 8.25. The standard InChI is InChI=1S/C20H23NO5/c1-13-7-8-15(11-14(13)2)18(20(23)24)21-19(22)16-5-4-6-17(12-16)26-10-9-25-3/h4-8,11-12,18H,9-10H2,1-3H3,(H,21,22)(H,23,24). The number of hydrogen-bond donors (Lipinski definition) is 2. The van der Waals surface area contributed by atoms with Gasteiger partial charge in [0.15, 0.2) is 6.04 Å². The van der Waals surface area contributed by atoms with Gasteiger partial charge >= 0.3 is 5.97 Å². The monoisotopic (exact) mass is 357 g/mol. The van der Waals surface area contributed by atoms with Crippen molar-refractivity contribution in [3.05, 3.63) is 64.7 Å². The van der Waals surface area contributed by atoms with Gasteiger partial charge in [-0.25, -0.2) is 4.79 Å². The van der Waals surface area contributed by atoms with Crippen molar-refractivity contribution in [1.29, 1.82) is 0 Å². The summed E-state index contributed by atoms with van der Waals surface area (Å²) in [6.45, 7) is 4.65. The molecule has 26 heavy (non-hydrogen) atoms. The number of nitrogens with one attached hydrogen (secondary N) is 1. The zero-order chi connectivity index (χ0) is 19.1. The lowest BCUT2D eigenvalue weighted by molar-refractivity contribution is -0.139.